The van der Waals surface area contributed by atoms with Gasteiger partial charge in [-0.3, -0.25) is 4.57 Å². The van der Waals surface area contributed by atoms with Crippen LogP contribution >= 0.6 is 11.3 Å². The molecular weight excluding hydrogens is 731 g/mol. The van der Waals surface area contributed by atoms with Crippen molar-refractivity contribution in [3.8, 4) is 39.6 Å². The number of benzene rings is 8. The summed E-state index contributed by atoms with van der Waals surface area (Å²) < 4.78 is 17.1. The van der Waals surface area contributed by atoms with Gasteiger partial charge in [-0.25, -0.2) is 9.97 Å². The largest absolute Gasteiger partial charge is 0.456 e. The maximum Gasteiger partial charge on any atom is 0.235 e. The number of nitrogens with zero attached hydrogens (tertiary/aromatic N) is 3. The normalized spacial score (nSPS) is 12.1. The Bertz CT molecular complexity index is 3830. The predicted octanol–water partition coefficient (Wildman–Crippen LogP) is 14.7. The molecule has 0 N–H and O–H groups in total. The molecule has 58 heavy (non-hydrogen) atoms. The molecule has 0 fully saturated rings. The number of hydrogen-bond acceptors (Lipinski definition) is 5. The maximum atomic E-state index is 6.23. The zero-order valence-electron chi connectivity index (χ0n) is 30.8. The van der Waals surface area contributed by atoms with E-state index in [1.54, 1.807) is 0 Å². The van der Waals surface area contributed by atoms with Crippen molar-refractivity contribution in [3.05, 3.63) is 176 Å². The minimum absolute atomic E-state index is 0.619. The molecule has 0 aliphatic heterocycles. The summed E-state index contributed by atoms with van der Waals surface area (Å²) in [4.78, 5) is 10.9. The lowest BCUT2D eigenvalue weighted by molar-refractivity contribution is 0.668. The van der Waals surface area contributed by atoms with Crippen LogP contribution < -0.4 is 0 Å². The van der Waals surface area contributed by atoms with Crippen LogP contribution in [0, 0.1) is 0 Å². The Morgan fingerprint density at radius 2 is 0.931 bits per heavy atom. The van der Waals surface area contributed by atoms with Crippen LogP contribution in [0.5, 0.6) is 0 Å². The van der Waals surface area contributed by atoms with E-state index in [-0.39, 0.29) is 0 Å². The Hall–Kier alpha value is -7.54. The number of thiophene rings is 1. The number of furan rings is 2. The summed E-state index contributed by atoms with van der Waals surface area (Å²) in [7, 11) is 0. The van der Waals surface area contributed by atoms with Gasteiger partial charge >= 0.3 is 0 Å². The van der Waals surface area contributed by atoms with Gasteiger partial charge in [0.25, 0.3) is 0 Å². The van der Waals surface area contributed by atoms with E-state index in [1.807, 2.05) is 35.6 Å². The molecule has 13 aromatic rings. The molecule has 0 spiro atoms. The minimum Gasteiger partial charge on any atom is -0.456 e. The summed E-state index contributed by atoms with van der Waals surface area (Å²) in [5.41, 5.74) is 11.7. The van der Waals surface area contributed by atoms with Gasteiger partial charge in [0.05, 0.1) is 22.4 Å². The Kier molecular flexibility index (Phi) is 6.54. The van der Waals surface area contributed by atoms with Crippen molar-refractivity contribution >= 4 is 97.2 Å². The molecule has 0 radical (unpaired) electrons. The average Bonchev–Trinajstić information content (AvgIpc) is 4.04. The number of fused-ring (bicyclic) bond motifs is 12. The smallest absolute Gasteiger partial charge is 0.235 e. The summed E-state index contributed by atoms with van der Waals surface area (Å²) in [6.07, 6.45) is 0. The summed E-state index contributed by atoms with van der Waals surface area (Å²) in [6, 6.07) is 61.9. The van der Waals surface area contributed by atoms with Crippen LogP contribution in [0.1, 0.15) is 0 Å². The van der Waals surface area contributed by atoms with Crippen molar-refractivity contribution in [2.45, 2.75) is 0 Å². The van der Waals surface area contributed by atoms with Gasteiger partial charge in [-0.2, -0.15) is 0 Å². The lowest BCUT2D eigenvalue weighted by Crippen LogP contribution is -2.04. The third kappa shape index (κ3) is 4.63. The summed E-state index contributed by atoms with van der Waals surface area (Å²) in [5.74, 6) is 0.619. The fourth-order valence-corrected chi connectivity index (χ4v) is 10.2. The molecule has 0 bridgehead atoms. The van der Waals surface area contributed by atoms with E-state index in [1.165, 1.54) is 20.2 Å². The number of aromatic nitrogens is 3. The molecule has 5 heterocycles. The number of para-hydroxylation sites is 3. The molecule has 8 aromatic carbocycles. The molecule has 5 aromatic heterocycles. The van der Waals surface area contributed by atoms with E-state index in [0.29, 0.717) is 5.95 Å². The first kappa shape index (κ1) is 31.6. The second kappa shape index (κ2) is 12.0. The molecule has 0 aliphatic rings. The summed E-state index contributed by atoms with van der Waals surface area (Å²) in [6.45, 7) is 0. The highest BCUT2D eigenvalue weighted by atomic mass is 32.1. The second-order valence-corrected chi connectivity index (χ2v) is 16.0. The minimum atomic E-state index is 0.619. The highest BCUT2D eigenvalue weighted by Gasteiger charge is 2.20. The monoisotopic (exact) mass is 759 g/mol. The standard InChI is InChI=1S/C52H29N3O2S/c1-5-16-44-33(10-1)39-26-30(31-21-24-48-40(27-31)34-11-2-6-17-46(34)56-48)20-23-45(39)55(44)52-53-42(32-22-25-49-41(28-32)35-12-3-7-18-47(35)57-49)29-43(54-52)38-15-9-14-37-36-13-4-8-19-50(36)58-51(37)38/h1-29H. The van der Waals surface area contributed by atoms with Gasteiger partial charge in [-0.05, 0) is 83.9 Å². The van der Waals surface area contributed by atoms with Crippen molar-refractivity contribution in [3.63, 3.8) is 0 Å². The van der Waals surface area contributed by atoms with Gasteiger partial charge in [0.1, 0.15) is 22.3 Å². The van der Waals surface area contributed by atoms with Gasteiger partial charge in [0.2, 0.25) is 5.95 Å². The zero-order chi connectivity index (χ0) is 37.9. The van der Waals surface area contributed by atoms with Crippen LogP contribution in [0.3, 0.4) is 0 Å². The maximum absolute atomic E-state index is 6.23. The topological polar surface area (TPSA) is 57.0 Å². The van der Waals surface area contributed by atoms with Gasteiger partial charge in [0, 0.05) is 63.6 Å². The van der Waals surface area contributed by atoms with Crippen LogP contribution in [-0.4, -0.2) is 14.5 Å². The van der Waals surface area contributed by atoms with Crippen molar-refractivity contribution in [2.24, 2.45) is 0 Å². The van der Waals surface area contributed by atoms with Crippen molar-refractivity contribution in [1.29, 1.82) is 0 Å². The first-order chi connectivity index (χ1) is 28.7. The fourth-order valence-electron chi connectivity index (χ4n) is 8.93. The quantitative estimate of drug-likeness (QED) is 0.179. The highest BCUT2D eigenvalue weighted by Crippen LogP contribution is 2.42. The van der Waals surface area contributed by atoms with Crippen LogP contribution in [0.25, 0.3) is 125 Å². The van der Waals surface area contributed by atoms with Crippen molar-refractivity contribution in [2.75, 3.05) is 0 Å². The van der Waals surface area contributed by atoms with Crippen LogP contribution in [-0.2, 0) is 0 Å². The SMILES string of the molecule is c1ccc2c(c1)oc1ccc(-c3ccc4c(c3)c3ccccc3n4-c3nc(-c4ccc5oc6ccccc6c5c4)cc(-c4cccc5c4sc4ccccc45)n3)cc12. The Morgan fingerprint density at radius 1 is 0.379 bits per heavy atom. The van der Waals surface area contributed by atoms with Crippen molar-refractivity contribution < 1.29 is 8.83 Å². The van der Waals surface area contributed by atoms with Crippen molar-refractivity contribution in [1.82, 2.24) is 14.5 Å². The van der Waals surface area contributed by atoms with E-state index in [4.69, 9.17) is 18.8 Å². The van der Waals surface area contributed by atoms with Crippen LogP contribution in [0.15, 0.2) is 185 Å². The van der Waals surface area contributed by atoms with Crippen LogP contribution in [0.4, 0.5) is 0 Å². The summed E-state index contributed by atoms with van der Waals surface area (Å²) in [5, 5.41) is 9.16. The van der Waals surface area contributed by atoms with E-state index in [9.17, 15) is 0 Å². The zero-order valence-corrected chi connectivity index (χ0v) is 31.6. The molecule has 0 aliphatic carbocycles. The molecule has 0 saturated carbocycles. The van der Waals surface area contributed by atoms with Crippen LogP contribution in [0.2, 0.25) is 0 Å². The predicted molar refractivity (Wildman–Crippen MR) is 240 cm³/mol. The lowest BCUT2D eigenvalue weighted by atomic mass is 10.0. The molecule has 13 rings (SSSR count). The Labute approximate surface area is 334 Å². The first-order valence-electron chi connectivity index (χ1n) is 19.4. The molecule has 270 valence electrons. The average molecular weight is 760 g/mol. The lowest BCUT2D eigenvalue weighted by Gasteiger charge is -2.12. The van der Waals surface area contributed by atoms with E-state index >= 15 is 0 Å². The molecular formula is C52H29N3O2S. The molecule has 0 saturated heterocycles. The Morgan fingerprint density at radius 3 is 1.71 bits per heavy atom. The second-order valence-electron chi connectivity index (χ2n) is 14.9. The molecule has 0 amide bonds. The third-order valence-electron chi connectivity index (χ3n) is 11.6. The number of hydrogen-bond donors (Lipinski definition) is 0. The van der Waals surface area contributed by atoms with Gasteiger partial charge < -0.3 is 8.83 Å². The fraction of sp³-hybridized carbons (Fsp3) is 0. The van der Waals surface area contributed by atoms with E-state index in [0.717, 1.165) is 99.3 Å². The highest BCUT2D eigenvalue weighted by molar-refractivity contribution is 7.26. The van der Waals surface area contributed by atoms with Gasteiger partial charge in [0.15, 0.2) is 0 Å². The van der Waals surface area contributed by atoms with Gasteiger partial charge in [-0.15, -0.1) is 11.3 Å². The molecule has 0 unspecified atom stereocenters. The summed E-state index contributed by atoms with van der Waals surface area (Å²) >= 11 is 1.81. The first-order valence-corrected chi connectivity index (χ1v) is 20.2. The molecule has 6 heteroatoms. The third-order valence-corrected chi connectivity index (χ3v) is 12.9. The number of rotatable bonds is 4. The van der Waals surface area contributed by atoms with Gasteiger partial charge in [-0.1, -0.05) is 103 Å². The Balaban J connectivity index is 1.05. The molecule has 5 nitrogen and oxygen atoms in total. The molecule has 0 atom stereocenters. The van der Waals surface area contributed by atoms with E-state index in [2.05, 4.69) is 156 Å². The van der Waals surface area contributed by atoms with E-state index < -0.39 is 0 Å².